The van der Waals surface area contributed by atoms with Crippen molar-refractivity contribution < 1.29 is 9.53 Å². The number of benzene rings is 2. The first-order valence-corrected chi connectivity index (χ1v) is 10.8. The fraction of sp³-hybridized carbons (Fsp3) is 0.333. The fourth-order valence-electron chi connectivity index (χ4n) is 5.17. The summed E-state index contributed by atoms with van der Waals surface area (Å²) in [4.78, 5) is 16.9. The molecule has 1 aromatic heterocycles. The highest BCUT2D eigenvalue weighted by Gasteiger charge is 2.68. The van der Waals surface area contributed by atoms with Crippen molar-refractivity contribution in [3.63, 3.8) is 0 Å². The van der Waals surface area contributed by atoms with Gasteiger partial charge in [0.1, 0.15) is 12.4 Å². The van der Waals surface area contributed by atoms with Crippen LogP contribution in [0.4, 0.5) is 5.69 Å². The second kappa shape index (κ2) is 7.14. The van der Waals surface area contributed by atoms with E-state index in [9.17, 15) is 4.79 Å². The van der Waals surface area contributed by atoms with Crippen molar-refractivity contribution in [2.24, 2.45) is 5.41 Å². The molecule has 1 N–H and O–H groups in total. The molecule has 3 aliphatic carbocycles. The van der Waals surface area contributed by atoms with Crippen LogP contribution in [0.15, 0.2) is 48.7 Å². The molecule has 0 unspecified atom stereocenters. The first-order chi connectivity index (χ1) is 14.4. The third-order valence-corrected chi connectivity index (χ3v) is 7.01. The topological polar surface area (TPSA) is 51.2 Å². The number of anilines is 1. The van der Waals surface area contributed by atoms with Crippen LogP contribution >= 0.6 is 23.2 Å². The molecule has 30 heavy (non-hydrogen) atoms. The maximum Gasteiger partial charge on any atom is 0.170 e. The number of pyridine rings is 1. The number of carbonyl (C=O) groups excluding carboxylic acids is 1. The predicted octanol–water partition coefficient (Wildman–Crippen LogP) is 6.22. The van der Waals surface area contributed by atoms with Crippen molar-refractivity contribution in [3.05, 3.63) is 64.3 Å². The molecule has 1 heterocycles. The molecule has 4 nitrogen and oxygen atoms in total. The number of nitrogens with zero attached hydrogens (tertiary/aromatic N) is 1. The fourth-order valence-corrected chi connectivity index (χ4v) is 5.46. The summed E-state index contributed by atoms with van der Waals surface area (Å²) in [5.74, 6) is 0.838. The minimum atomic E-state index is 0.0996. The van der Waals surface area contributed by atoms with Crippen molar-refractivity contribution in [2.75, 3.05) is 11.9 Å². The lowest BCUT2D eigenvalue weighted by Crippen LogP contribution is -2.71. The van der Waals surface area contributed by atoms with E-state index >= 15 is 0 Å². The molecule has 0 saturated heterocycles. The van der Waals surface area contributed by atoms with E-state index in [1.165, 1.54) is 0 Å². The first kappa shape index (κ1) is 19.7. The number of aromatic nitrogens is 1. The van der Waals surface area contributed by atoms with Gasteiger partial charge in [-0.15, -0.1) is 0 Å². The zero-order valence-electron chi connectivity index (χ0n) is 16.7. The van der Waals surface area contributed by atoms with Gasteiger partial charge in [0.2, 0.25) is 0 Å². The average molecular weight is 441 g/mol. The second-order valence-corrected chi connectivity index (χ2v) is 9.71. The molecule has 6 heteroatoms. The summed E-state index contributed by atoms with van der Waals surface area (Å²) in [5, 5.41) is 6.17. The Labute approximate surface area is 185 Å². The Hall–Kier alpha value is -2.30. The molecule has 154 valence electrons. The lowest BCUT2D eigenvalue weighted by atomic mass is 9.38. The van der Waals surface area contributed by atoms with Gasteiger partial charge >= 0.3 is 0 Å². The summed E-state index contributed by atoms with van der Waals surface area (Å²) < 4.78 is 5.67. The number of ketones is 1. The minimum absolute atomic E-state index is 0.0996. The number of carbonyl (C=O) groups is 1. The Morgan fingerprint density at radius 2 is 1.93 bits per heavy atom. The molecule has 0 aliphatic heterocycles. The highest BCUT2D eigenvalue weighted by atomic mass is 35.5. The van der Waals surface area contributed by atoms with E-state index < -0.39 is 0 Å². The molecule has 2 bridgehead atoms. The van der Waals surface area contributed by atoms with E-state index in [4.69, 9.17) is 27.9 Å². The standard InChI is InChI=1S/C24H22Cl2N2O2/c1-15-8-18(3-5-20(15)26)30-11-17(29)10-23-12-24(13-23,14-23)28-21-6-7-27-22-9-16(25)2-4-19(21)22/h2-9H,10-14H2,1H3,(H,27,28). The molecule has 0 amide bonds. The Morgan fingerprint density at radius 1 is 1.13 bits per heavy atom. The lowest BCUT2D eigenvalue weighted by molar-refractivity contribution is -0.147. The van der Waals surface area contributed by atoms with E-state index in [0.29, 0.717) is 22.2 Å². The Balaban J connectivity index is 1.16. The van der Waals surface area contributed by atoms with E-state index in [0.717, 1.165) is 41.4 Å². The van der Waals surface area contributed by atoms with E-state index in [1.807, 2.05) is 43.5 Å². The molecule has 0 radical (unpaired) electrons. The van der Waals surface area contributed by atoms with Gasteiger partial charge in [-0.05, 0) is 79.6 Å². The van der Waals surface area contributed by atoms with Crippen LogP contribution in [0.2, 0.25) is 10.0 Å². The van der Waals surface area contributed by atoms with E-state index in [2.05, 4.69) is 10.3 Å². The maximum atomic E-state index is 12.5. The third kappa shape index (κ3) is 3.52. The molecule has 3 aliphatic rings. The summed E-state index contributed by atoms with van der Waals surface area (Å²) in [6.07, 6.45) is 5.44. The van der Waals surface area contributed by atoms with Crippen molar-refractivity contribution >= 4 is 45.6 Å². The number of ether oxygens (including phenoxy) is 1. The number of fused-ring (bicyclic) bond motifs is 1. The highest BCUT2D eigenvalue weighted by Crippen LogP contribution is 2.70. The van der Waals surface area contributed by atoms with Crippen molar-refractivity contribution in [1.82, 2.24) is 4.98 Å². The van der Waals surface area contributed by atoms with Crippen LogP contribution in [0.3, 0.4) is 0 Å². The van der Waals surface area contributed by atoms with Gasteiger partial charge in [-0.3, -0.25) is 9.78 Å². The number of rotatable bonds is 7. The molecule has 0 spiro atoms. The number of halogens is 2. The van der Waals surface area contributed by atoms with E-state index in [1.54, 1.807) is 12.1 Å². The molecule has 3 aromatic rings. The van der Waals surface area contributed by atoms with Gasteiger partial charge in [-0.2, -0.15) is 0 Å². The average Bonchev–Trinajstić information content (AvgIpc) is 2.66. The quantitative estimate of drug-likeness (QED) is 0.473. The monoisotopic (exact) mass is 440 g/mol. The van der Waals surface area contributed by atoms with Gasteiger partial charge in [0, 0.05) is 39.3 Å². The summed E-state index contributed by atoms with van der Waals surface area (Å²) in [5.41, 5.74) is 3.15. The highest BCUT2D eigenvalue weighted by molar-refractivity contribution is 6.31. The SMILES string of the molecule is Cc1cc(OCC(=O)CC23CC(Nc4ccnc5cc(Cl)ccc45)(C2)C3)ccc1Cl. The van der Waals surface area contributed by atoms with Crippen LogP contribution in [0, 0.1) is 12.3 Å². The third-order valence-electron chi connectivity index (χ3n) is 6.35. The van der Waals surface area contributed by atoms with Crippen LogP contribution in [-0.2, 0) is 4.79 Å². The lowest BCUT2D eigenvalue weighted by Gasteiger charge is -2.71. The van der Waals surface area contributed by atoms with Gasteiger partial charge in [0.15, 0.2) is 5.78 Å². The van der Waals surface area contributed by atoms with Crippen LogP contribution in [-0.4, -0.2) is 22.9 Å². The molecule has 0 atom stereocenters. The first-order valence-electron chi connectivity index (χ1n) is 10.1. The number of hydrogen-bond acceptors (Lipinski definition) is 4. The van der Waals surface area contributed by atoms with Crippen LogP contribution in [0.5, 0.6) is 5.75 Å². The summed E-state index contributed by atoms with van der Waals surface area (Å²) in [6, 6.07) is 13.2. The van der Waals surface area contributed by atoms with Crippen molar-refractivity contribution in [1.29, 1.82) is 0 Å². The summed E-state index contributed by atoms with van der Waals surface area (Å²) >= 11 is 12.1. The van der Waals surface area contributed by atoms with Crippen LogP contribution in [0.1, 0.15) is 31.2 Å². The number of aryl methyl sites for hydroxylation is 1. The maximum absolute atomic E-state index is 12.5. The summed E-state index contributed by atoms with van der Waals surface area (Å²) in [7, 11) is 0. The van der Waals surface area contributed by atoms with Crippen molar-refractivity contribution in [3.8, 4) is 5.75 Å². The summed E-state index contributed by atoms with van der Waals surface area (Å²) in [6.45, 7) is 2.03. The van der Waals surface area contributed by atoms with E-state index in [-0.39, 0.29) is 23.3 Å². The zero-order chi connectivity index (χ0) is 20.9. The number of nitrogens with one attached hydrogen (secondary N) is 1. The minimum Gasteiger partial charge on any atom is -0.486 e. The van der Waals surface area contributed by atoms with Gasteiger partial charge in [-0.1, -0.05) is 23.2 Å². The Morgan fingerprint density at radius 3 is 2.70 bits per heavy atom. The molecule has 3 fully saturated rings. The molecule has 3 saturated carbocycles. The second-order valence-electron chi connectivity index (χ2n) is 8.87. The molecular weight excluding hydrogens is 419 g/mol. The number of hydrogen-bond donors (Lipinski definition) is 1. The van der Waals surface area contributed by atoms with Crippen molar-refractivity contribution in [2.45, 2.75) is 38.1 Å². The van der Waals surface area contributed by atoms with Gasteiger partial charge in [0.05, 0.1) is 5.52 Å². The Bertz CT molecular complexity index is 1140. The van der Waals surface area contributed by atoms with Crippen LogP contribution in [0.25, 0.3) is 10.9 Å². The molecule has 6 rings (SSSR count). The molecule has 2 aromatic carbocycles. The van der Waals surface area contributed by atoms with Gasteiger partial charge in [0.25, 0.3) is 0 Å². The van der Waals surface area contributed by atoms with Gasteiger partial charge in [-0.25, -0.2) is 0 Å². The number of Topliss-reactive ketones (excluding diaryl/α,β-unsaturated/α-hetero) is 1. The van der Waals surface area contributed by atoms with Crippen LogP contribution < -0.4 is 10.1 Å². The molecular formula is C24H22Cl2N2O2. The Kier molecular flexibility index (Phi) is 4.68. The normalized spacial score (nSPS) is 24.1. The zero-order valence-corrected chi connectivity index (χ0v) is 18.2. The smallest absolute Gasteiger partial charge is 0.170 e. The van der Waals surface area contributed by atoms with Gasteiger partial charge < -0.3 is 10.1 Å². The largest absolute Gasteiger partial charge is 0.486 e. The predicted molar refractivity (Wildman–Crippen MR) is 121 cm³/mol.